The smallest absolute Gasteiger partial charge is 0.137 e. The van der Waals surface area contributed by atoms with Crippen molar-refractivity contribution in [3.63, 3.8) is 0 Å². The van der Waals surface area contributed by atoms with Crippen molar-refractivity contribution in [2.24, 2.45) is 0 Å². The van der Waals surface area contributed by atoms with Gasteiger partial charge in [0, 0.05) is 29.8 Å². The van der Waals surface area contributed by atoms with Crippen LogP contribution in [-0.2, 0) is 17.6 Å². The lowest BCUT2D eigenvalue weighted by molar-refractivity contribution is -0.113. The molecule has 6 heteroatoms. The number of hydrogen-bond acceptors (Lipinski definition) is 5. The predicted molar refractivity (Wildman–Crippen MR) is 135 cm³/mol. The molecule has 0 bridgehead atoms. The monoisotopic (exact) mass is 494 g/mol. The topological polar surface area (TPSA) is 68.2 Å². The van der Waals surface area contributed by atoms with Crippen molar-refractivity contribution in [1.82, 2.24) is 0 Å². The highest BCUT2D eigenvalue weighted by Crippen LogP contribution is 2.34. The maximum Gasteiger partial charge on any atom is 0.137 e. The number of aliphatic hydroxyl groups excluding tert-OH is 2. The van der Waals surface area contributed by atoms with Gasteiger partial charge in [0.2, 0.25) is 0 Å². The number of fused-ring (bicyclic) bond motifs is 1. The van der Waals surface area contributed by atoms with Gasteiger partial charge >= 0.3 is 0 Å². The van der Waals surface area contributed by atoms with Gasteiger partial charge in [0.1, 0.15) is 24.2 Å². The number of aryl methyl sites for hydroxylation is 1. The number of hydrogen-bond donors (Lipinski definition) is 2. The largest absolute Gasteiger partial charge is 0.490 e. The molecule has 0 amide bonds. The van der Waals surface area contributed by atoms with Crippen molar-refractivity contribution >= 4 is 11.6 Å². The van der Waals surface area contributed by atoms with Crippen LogP contribution in [0.15, 0.2) is 60.7 Å². The van der Waals surface area contributed by atoms with Crippen molar-refractivity contribution in [2.75, 3.05) is 13.2 Å². The Morgan fingerprint density at radius 1 is 1.03 bits per heavy atom. The van der Waals surface area contributed by atoms with E-state index in [9.17, 15) is 10.2 Å². The summed E-state index contributed by atoms with van der Waals surface area (Å²) in [4.78, 5) is 0. The third kappa shape index (κ3) is 5.65. The van der Waals surface area contributed by atoms with Crippen LogP contribution in [0.4, 0.5) is 0 Å². The molecular weight excluding hydrogens is 464 g/mol. The average Bonchev–Trinajstić information content (AvgIpc) is 3.29. The molecule has 0 aliphatic carbocycles. The fourth-order valence-electron chi connectivity index (χ4n) is 4.95. The van der Waals surface area contributed by atoms with Crippen LogP contribution < -0.4 is 9.47 Å². The Hall–Kier alpha value is -2.57. The van der Waals surface area contributed by atoms with Gasteiger partial charge in [0.05, 0.1) is 24.9 Å². The normalized spacial score (nSPS) is 23.5. The van der Waals surface area contributed by atoms with Gasteiger partial charge < -0.3 is 24.4 Å². The maximum atomic E-state index is 10.2. The number of benzene rings is 3. The second-order valence-corrected chi connectivity index (χ2v) is 9.94. The van der Waals surface area contributed by atoms with Crippen molar-refractivity contribution in [3.05, 3.63) is 93.5 Å². The van der Waals surface area contributed by atoms with E-state index in [-0.39, 0.29) is 24.9 Å². The van der Waals surface area contributed by atoms with Crippen LogP contribution in [0.3, 0.4) is 0 Å². The van der Waals surface area contributed by atoms with Crippen LogP contribution in [0.5, 0.6) is 11.5 Å². The van der Waals surface area contributed by atoms with Gasteiger partial charge in [-0.3, -0.25) is 0 Å². The molecule has 35 heavy (non-hydrogen) atoms. The highest BCUT2D eigenvalue weighted by atomic mass is 35.5. The molecule has 2 aliphatic rings. The Labute approximate surface area is 211 Å². The van der Waals surface area contributed by atoms with Crippen LogP contribution in [0.1, 0.15) is 46.8 Å². The fraction of sp³-hybridized carbons (Fsp3) is 0.379. The standard InChI is InChI=1S/C29H31ClO5/c1-18-3-2-4-28-26(18)15-25(35-28)17-33-23-8-5-19(6-9-23)11-21-12-20(7-10-27(21)30)29-14-22(32)13-24(16-31)34-29/h2-10,12,22,24-25,29,31-32H,11,13-17H2,1H3/t22-,24-,25?,29+/m0/s1. The van der Waals surface area contributed by atoms with Gasteiger partial charge in [-0.15, -0.1) is 0 Å². The second kappa shape index (κ2) is 10.6. The van der Waals surface area contributed by atoms with E-state index in [1.165, 1.54) is 11.1 Å². The molecule has 0 saturated carbocycles. The average molecular weight is 495 g/mol. The van der Waals surface area contributed by atoms with Crippen LogP contribution in [0, 0.1) is 6.92 Å². The van der Waals surface area contributed by atoms with E-state index >= 15 is 0 Å². The lowest BCUT2D eigenvalue weighted by Gasteiger charge is -2.32. The van der Waals surface area contributed by atoms with E-state index in [2.05, 4.69) is 25.1 Å². The molecule has 5 rings (SSSR count). The van der Waals surface area contributed by atoms with Crippen LogP contribution in [0.25, 0.3) is 0 Å². The number of aliphatic hydroxyl groups is 2. The van der Waals surface area contributed by atoms with Crippen LogP contribution in [-0.4, -0.2) is 41.7 Å². The predicted octanol–water partition coefficient (Wildman–Crippen LogP) is 5.20. The third-order valence-electron chi connectivity index (χ3n) is 6.87. The first-order valence-electron chi connectivity index (χ1n) is 12.2. The Bertz CT molecular complexity index is 1160. The first-order chi connectivity index (χ1) is 17.0. The number of ether oxygens (including phenoxy) is 3. The van der Waals surface area contributed by atoms with E-state index < -0.39 is 6.10 Å². The second-order valence-electron chi connectivity index (χ2n) is 9.53. The van der Waals surface area contributed by atoms with Crippen molar-refractivity contribution in [3.8, 4) is 11.5 Å². The zero-order valence-electron chi connectivity index (χ0n) is 19.8. The molecule has 3 aromatic rings. The number of halogens is 1. The molecular formula is C29H31ClO5. The molecule has 1 unspecified atom stereocenters. The molecule has 0 radical (unpaired) electrons. The summed E-state index contributed by atoms with van der Waals surface area (Å²) in [5.41, 5.74) is 5.62. The highest BCUT2D eigenvalue weighted by molar-refractivity contribution is 6.31. The summed E-state index contributed by atoms with van der Waals surface area (Å²) in [6.07, 6.45) is 1.46. The molecule has 184 valence electrons. The fourth-order valence-corrected chi connectivity index (χ4v) is 5.14. The minimum Gasteiger partial charge on any atom is -0.490 e. The first kappa shape index (κ1) is 24.1. The maximum absolute atomic E-state index is 10.2. The summed E-state index contributed by atoms with van der Waals surface area (Å²) in [5, 5.41) is 20.3. The zero-order chi connectivity index (χ0) is 24.4. The molecule has 2 heterocycles. The molecule has 1 saturated heterocycles. The third-order valence-corrected chi connectivity index (χ3v) is 7.24. The van der Waals surface area contributed by atoms with Gasteiger partial charge in [-0.1, -0.05) is 48.0 Å². The lowest BCUT2D eigenvalue weighted by Crippen LogP contribution is -2.33. The minimum absolute atomic E-state index is 0.0262. The zero-order valence-corrected chi connectivity index (χ0v) is 20.6. The van der Waals surface area contributed by atoms with Crippen molar-refractivity contribution in [1.29, 1.82) is 0 Å². The molecule has 2 N–H and O–H groups in total. The molecule has 3 aromatic carbocycles. The van der Waals surface area contributed by atoms with Gasteiger partial charge in [0.25, 0.3) is 0 Å². The van der Waals surface area contributed by atoms with Crippen LogP contribution >= 0.6 is 11.6 Å². The molecule has 0 aromatic heterocycles. The van der Waals surface area contributed by atoms with E-state index in [0.717, 1.165) is 34.6 Å². The Morgan fingerprint density at radius 2 is 1.86 bits per heavy atom. The lowest BCUT2D eigenvalue weighted by atomic mass is 9.94. The first-order valence-corrected chi connectivity index (χ1v) is 12.6. The summed E-state index contributed by atoms with van der Waals surface area (Å²) >= 11 is 6.50. The summed E-state index contributed by atoms with van der Waals surface area (Å²) < 4.78 is 18.0. The molecule has 0 spiro atoms. The van der Waals surface area contributed by atoms with Crippen molar-refractivity contribution in [2.45, 2.75) is 57.0 Å². The van der Waals surface area contributed by atoms with E-state index in [1.54, 1.807) is 0 Å². The summed E-state index contributed by atoms with van der Waals surface area (Å²) in [6.45, 7) is 2.52. The summed E-state index contributed by atoms with van der Waals surface area (Å²) in [6, 6.07) is 20.1. The molecule has 4 atom stereocenters. The van der Waals surface area contributed by atoms with E-state index in [0.29, 0.717) is 30.9 Å². The van der Waals surface area contributed by atoms with Crippen molar-refractivity contribution < 1.29 is 24.4 Å². The van der Waals surface area contributed by atoms with Gasteiger partial charge in [0.15, 0.2) is 0 Å². The Kier molecular flexibility index (Phi) is 7.30. The molecule has 1 fully saturated rings. The summed E-state index contributed by atoms with van der Waals surface area (Å²) in [5.74, 6) is 1.78. The van der Waals surface area contributed by atoms with Crippen LogP contribution in [0.2, 0.25) is 5.02 Å². The Balaban J connectivity index is 1.20. The van der Waals surface area contributed by atoms with Gasteiger partial charge in [-0.2, -0.15) is 0 Å². The number of rotatable bonds is 7. The SMILES string of the molecule is Cc1cccc2c1CC(COc1ccc(Cc3cc([C@H]4C[C@@H](O)C[C@@H](CO)O4)ccc3Cl)cc1)O2. The molecule has 2 aliphatic heterocycles. The van der Waals surface area contributed by atoms with Gasteiger partial charge in [-0.25, -0.2) is 0 Å². The molecule has 5 nitrogen and oxygen atoms in total. The van der Waals surface area contributed by atoms with Gasteiger partial charge in [-0.05, 0) is 59.9 Å². The quantitative estimate of drug-likeness (QED) is 0.473. The highest BCUT2D eigenvalue weighted by Gasteiger charge is 2.29. The van der Waals surface area contributed by atoms with E-state index in [1.807, 2.05) is 42.5 Å². The Morgan fingerprint density at radius 3 is 2.63 bits per heavy atom. The van der Waals surface area contributed by atoms with E-state index in [4.69, 9.17) is 25.8 Å². The minimum atomic E-state index is -0.481. The summed E-state index contributed by atoms with van der Waals surface area (Å²) in [7, 11) is 0.